The number of rotatable bonds is 7. The molecule has 10 nitrogen and oxygen atoms in total. The van der Waals surface area contributed by atoms with Gasteiger partial charge in [0, 0.05) is 6.54 Å². The molecule has 1 aromatic heterocycles. The van der Waals surface area contributed by atoms with Crippen molar-refractivity contribution < 1.29 is 31.9 Å². The first-order valence-electron chi connectivity index (χ1n) is 9.19. The summed E-state index contributed by atoms with van der Waals surface area (Å²) in [6.07, 6.45) is 0.539. The van der Waals surface area contributed by atoms with Gasteiger partial charge in [0.2, 0.25) is 10.0 Å². The van der Waals surface area contributed by atoms with Crippen LogP contribution in [0.1, 0.15) is 11.3 Å². The molecule has 0 aliphatic carbocycles. The van der Waals surface area contributed by atoms with E-state index in [2.05, 4.69) is 10.6 Å². The van der Waals surface area contributed by atoms with Gasteiger partial charge in [0.05, 0.1) is 38.0 Å². The SMILES string of the molecule is COc1ccc(S(=O)(=O)N2CCO[C@H]2CNC(=O)C(=O)NCc2ccco2)cc1C. The van der Waals surface area contributed by atoms with E-state index >= 15 is 0 Å². The molecule has 1 aromatic carbocycles. The van der Waals surface area contributed by atoms with Crippen molar-refractivity contribution >= 4 is 21.8 Å². The standard InChI is InChI=1S/C19H23N3O7S/c1-13-10-15(5-6-16(13)27-2)30(25,26)22-7-9-29-17(22)12-21-19(24)18(23)20-11-14-4-3-8-28-14/h3-6,8,10,17H,7,9,11-12H2,1-2H3,(H,20,23)(H,21,24)/t17-/m0/s1. The van der Waals surface area contributed by atoms with Crippen LogP contribution in [0.2, 0.25) is 0 Å². The van der Waals surface area contributed by atoms with Gasteiger partial charge in [0.1, 0.15) is 17.7 Å². The van der Waals surface area contributed by atoms with Crippen LogP contribution >= 0.6 is 0 Å². The Hall–Kier alpha value is -2.89. The van der Waals surface area contributed by atoms with E-state index in [1.165, 1.54) is 25.5 Å². The number of furan rings is 1. The summed E-state index contributed by atoms with van der Waals surface area (Å²) in [7, 11) is -2.35. The van der Waals surface area contributed by atoms with Crippen LogP contribution in [0.15, 0.2) is 45.9 Å². The van der Waals surface area contributed by atoms with E-state index in [-0.39, 0.29) is 31.1 Å². The number of carbonyl (C=O) groups is 2. The Kier molecular flexibility index (Phi) is 6.75. The zero-order valence-electron chi connectivity index (χ0n) is 16.6. The number of carbonyl (C=O) groups excluding carboxylic acids is 2. The van der Waals surface area contributed by atoms with Crippen molar-refractivity contribution in [3.05, 3.63) is 47.9 Å². The molecule has 3 rings (SSSR count). The Morgan fingerprint density at radius 2 is 2.00 bits per heavy atom. The van der Waals surface area contributed by atoms with Crippen molar-refractivity contribution in [3.63, 3.8) is 0 Å². The first-order chi connectivity index (χ1) is 14.3. The number of methoxy groups -OCH3 is 1. The molecular weight excluding hydrogens is 414 g/mol. The average Bonchev–Trinajstić information content (AvgIpc) is 3.42. The molecule has 0 unspecified atom stereocenters. The van der Waals surface area contributed by atoms with Gasteiger partial charge < -0.3 is 24.5 Å². The lowest BCUT2D eigenvalue weighted by Gasteiger charge is -2.23. The van der Waals surface area contributed by atoms with E-state index in [1.54, 1.807) is 25.1 Å². The molecule has 1 aliphatic rings. The van der Waals surface area contributed by atoms with E-state index in [1.807, 2.05) is 0 Å². The molecule has 162 valence electrons. The highest BCUT2D eigenvalue weighted by Crippen LogP contribution is 2.26. The van der Waals surface area contributed by atoms with Crippen LogP contribution in [-0.4, -0.2) is 57.6 Å². The summed E-state index contributed by atoms with van der Waals surface area (Å²) >= 11 is 0. The van der Waals surface area contributed by atoms with Crippen LogP contribution in [0.3, 0.4) is 0 Å². The third kappa shape index (κ3) is 4.81. The fourth-order valence-corrected chi connectivity index (χ4v) is 4.61. The molecule has 2 N–H and O–H groups in total. The first kappa shape index (κ1) is 21.8. The van der Waals surface area contributed by atoms with Gasteiger partial charge in [-0.15, -0.1) is 0 Å². The Morgan fingerprint density at radius 3 is 2.67 bits per heavy atom. The van der Waals surface area contributed by atoms with Gasteiger partial charge in [0.25, 0.3) is 0 Å². The van der Waals surface area contributed by atoms with Crippen LogP contribution in [0.4, 0.5) is 0 Å². The van der Waals surface area contributed by atoms with Crippen LogP contribution in [0.25, 0.3) is 0 Å². The third-order valence-electron chi connectivity index (χ3n) is 4.56. The molecule has 0 spiro atoms. The second-order valence-electron chi connectivity index (χ2n) is 6.54. The summed E-state index contributed by atoms with van der Waals surface area (Å²) < 4.78 is 42.9. The summed E-state index contributed by atoms with van der Waals surface area (Å²) in [4.78, 5) is 24.0. The summed E-state index contributed by atoms with van der Waals surface area (Å²) in [6.45, 7) is 1.97. The van der Waals surface area contributed by atoms with E-state index in [4.69, 9.17) is 13.9 Å². The Morgan fingerprint density at radius 1 is 1.23 bits per heavy atom. The molecule has 0 bridgehead atoms. The van der Waals surface area contributed by atoms with Gasteiger partial charge in [-0.05, 0) is 42.8 Å². The molecule has 1 atom stereocenters. The Labute approximate surface area is 174 Å². The number of aryl methyl sites for hydroxylation is 1. The topological polar surface area (TPSA) is 127 Å². The monoisotopic (exact) mass is 437 g/mol. The molecule has 1 saturated heterocycles. The maximum Gasteiger partial charge on any atom is 0.309 e. The lowest BCUT2D eigenvalue weighted by molar-refractivity contribution is -0.139. The normalized spacial score (nSPS) is 16.9. The average molecular weight is 437 g/mol. The summed E-state index contributed by atoms with van der Waals surface area (Å²) in [5, 5.41) is 4.82. The lowest BCUT2D eigenvalue weighted by Crippen LogP contribution is -2.47. The molecule has 2 aromatic rings. The number of nitrogens with one attached hydrogen (secondary N) is 2. The van der Waals surface area contributed by atoms with Gasteiger partial charge in [-0.3, -0.25) is 9.59 Å². The maximum absolute atomic E-state index is 13.0. The number of nitrogens with zero attached hydrogens (tertiary/aromatic N) is 1. The van der Waals surface area contributed by atoms with Gasteiger partial charge in [-0.25, -0.2) is 8.42 Å². The van der Waals surface area contributed by atoms with Crippen molar-refractivity contribution in [3.8, 4) is 5.75 Å². The molecule has 30 heavy (non-hydrogen) atoms. The first-order valence-corrected chi connectivity index (χ1v) is 10.6. The van der Waals surface area contributed by atoms with Gasteiger partial charge in [0.15, 0.2) is 0 Å². The number of ether oxygens (including phenoxy) is 2. The van der Waals surface area contributed by atoms with Crippen molar-refractivity contribution in [2.75, 3.05) is 26.8 Å². The van der Waals surface area contributed by atoms with Gasteiger partial charge in [-0.2, -0.15) is 4.31 Å². The fraction of sp³-hybridized carbons (Fsp3) is 0.368. The lowest BCUT2D eigenvalue weighted by atomic mass is 10.2. The summed E-state index contributed by atoms with van der Waals surface area (Å²) in [5.41, 5.74) is 0.678. The molecule has 1 fully saturated rings. The molecule has 2 heterocycles. The molecule has 0 radical (unpaired) electrons. The van der Waals surface area contributed by atoms with Crippen LogP contribution in [-0.2, 0) is 30.9 Å². The molecule has 0 saturated carbocycles. The van der Waals surface area contributed by atoms with Crippen molar-refractivity contribution in [1.29, 1.82) is 0 Å². The smallest absolute Gasteiger partial charge is 0.309 e. The van der Waals surface area contributed by atoms with Gasteiger partial charge >= 0.3 is 11.8 Å². The number of sulfonamides is 1. The summed E-state index contributed by atoms with van der Waals surface area (Å²) in [6, 6.07) is 7.88. The van der Waals surface area contributed by atoms with Crippen molar-refractivity contribution in [2.45, 2.75) is 24.6 Å². The molecular formula is C19H23N3O7S. The largest absolute Gasteiger partial charge is 0.496 e. The molecule has 11 heteroatoms. The predicted octanol–water partition coefficient (Wildman–Crippen LogP) is 0.376. The van der Waals surface area contributed by atoms with Crippen LogP contribution in [0.5, 0.6) is 5.75 Å². The van der Waals surface area contributed by atoms with Gasteiger partial charge in [-0.1, -0.05) is 0 Å². The number of hydrogen-bond acceptors (Lipinski definition) is 7. The number of hydrogen-bond donors (Lipinski definition) is 2. The molecule has 1 aliphatic heterocycles. The number of amides is 2. The second kappa shape index (κ2) is 9.28. The Bertz CT molecular complexity index is 1010. The highest BCUT2D eigenvalue weighted by Gasteiger charge is 2.37. The van der Waals surface area contributed by atoms with Crippen LogP contribution < -0.4 is 15.4 Å². The van der Waals surface area contributed by atoms with Crippen LogP contribution in [0, 0.1) is 6.92 Å². The minimum atomic E-state index is -3.85. The fourth-order valence-electron chi connectivity index (χ4n) is 3.01. The highest BCUT2D eigenvalue weighted by molar-refractivity contribution is 7.89. The van der Waals surface area contributed by atoms with E-state index in [9.17, 15) is 18.0 Å². The second-order valence-corrected chi connectivity index (χ2v) is 8.44. The summed E-state index contributed by atoms with van der Waals surface area (Å²) in [5.74, 6) is -0.669. The van der Waals surface area contributed by atoms with E-state index in [0.717, 1.165) is 4.31 Å². The van der Waals surface area contributed by atoms with E-state index < -0.39 is 28.1 Å². The zero-order valence-corrected chi connectivity index (χ0v) is 17.4. The predicted molar refractivity (Wildman–Crippen MR) is 105 cm³/mol. The Balaban J connectivity index is 1.60. The minimum absolute atomic E-state index is 0.0660. The maximum atomic E-state index is 13.0. The highest BCUT2D eigenvalue weighted by atomic mass is 32.2. The molecule has 2 amide bonds. The minimum Gasteiger partial charge on any atom is -0.496 e. The zero-order chi connectivity index (χ0) is 21.7. The van der Waals surface area contributed by atoms with Crippen molar-refractivity contribution in [2.24, 2.45) is 0 Å². The third-order valence-corrected chi connectivity index (χ3v) is 6.45. The van der Waals surface area contributed by atoms with E-state index in [0.29, 0.717) is 17.1 Å². The number of benzene rings is 1. The van der Waals surface area contributed by atoms with Crippen molar-refractivity contribution in [1.82, 2.24) is 14.9 Å². The quantitative estimate of drug-likeness (QED) is 0.600.